The van der Waals surface area contributed by atoms with E-state index in [-0.39, 0.29) is 17.7 Å². The smallest absolute Gasteiger partial charge is 0.338 e. The summed E-state index contributed by atoms with van der Waals surface area (Å²) in [4.78, 5) is 34.2. The van der Waals surface area contributed by atoms with E-state index in [0.717, 1.165) is 43.4 Å². The minimum Gasteiger partial charge on any atom is -0.496 e. The third-order valence-electron chi connectivity index (χ3n) is 8.64. The topological polar surface area (TPSA) is 74.8 Å². The van der Waals surface area contributed by atoms with E-state index in [9.17, 15) is 9.59 Å². The number of thiazole rings is 1. The number of aromatic nitrogens is 2. The Morgan fingerprint density at radius 3 is 2.44 bits per heavy atom. The molecule has 1 atom stereocenters. The molecule has 0 saturated carbocycles. The predicted molar refractivity (Wildman–Crippen MR) is 195 cm³/mol. The van der Waals surface area contributed by atoms with Gasteiger partial charge in [-0.15, -0.1) is 0 Å². The van der Waals surface area contributed by atoms with E-state index in [1.165, 1.54) is 11.3 Å². The van der Waals surface area contributed by atoms with E-state index in [2.05, 4.69) is 45.6 Å². The standard InChI is InChI=1S/C39H32BrN3O4S/c1-5-47-38(45)34-35(26-12-7-6-8-13-26)41-39-43(36(34)33-30-14-10-9-11-25(30)15-20-31(33)46-4)37(44)32(48-39)22-27-21-23(2)42(24(27)3)29-18-16-28(40)17-19-29/h6-22,36H,5H2,1-4H3. The van der Waals surface area contributed by atoms with Crippen LogP contribution in [-0.4, -0.2) is 28.8 Å². The van der Waals surface area contributed by atoms with Gasteiger partial charge in [-0.3, -0.25) is 9.36 Å². The van der Waals surface area contributed by atoms with Crippen molar-refractivity contribution in [3.8, 4) is 11.4 Å². The lowest BCUT2D eigenvalue weighted by molar-refractivity contribution is -0.138. The Morgan fingerprint density at radius 2 is 1.71 bits per heavy atom. The summed E-state index contributed by atoms with van der Waals surface area (Å²) in [6.07, 6.45) is 1.93. The molecule has 1 aliphatic rings. The molecule has 4 aromatic carbocycles. The maximum atomic E-state index is 14.7. The van der Waals surface area contributed by atoms with Gasteiger partial charge in [0.05, 0.1) is 29.5 Å². The van der Waals surface area contributed by atoms with Crippen molar-refractivity contribution in [2.45, 2.75) is 26.8 Å². The van der Waals surface area contributed by atoms with Crippen molar-refractivity contribution in [1.82, 2.24) is 9.13 Å². The predicted octanol–water partition coefficient (Wildman–Crippen LogP) is 7.27. The second-order valence-electron chi connectivity index (χ2n) is 11.5. The molecule has 0 bridgehead atoms. The highest BCUT2D eigenvalue weighted by atomic mass is 79.9. The lowest BCUT2D eigenvalue weighted by atomic mass is 9.89. The molecule has 0 aliphatic carbocycles. The summed E-state index contributed by atoms with van der Waals surface area (Å²) in [6.45, 7) is 6.04. The first-order chi connectivity index (χ1) is 23.3. The van der Waals surface area contributed by atoms with Crippen LogP contribution in [-0.2, 0) is 9.53 Å². The number of ether oxygens (including phenoxy) is 2. The summed E-state index contributed by atoms with van der Waals surface area (Å²) >= 11 is 4.83. The van der Waals surface area contributed by atoms with Crippen molar-refractivity contribution < 1.29 is 14.3 Å². The van der Waals surface area contributed by atoms with Gasteiger partial charge in [-0.1, -0.05) is 87.9 Å². The number of aryl methyl sites for hydroxylation is 1. The molecule has 9 heteroatoms. The summed E-state index contributed by atoms with van der Waals surface area (Å²) in [6, 6.07) is 30.7. The monoisotopic (exact) mass is 717 g/mol. The van der Waals surface area contributed by atoms with E-state index in [1.54, 1.807) is 18.6 Å². The number of hydrogen-bond donors (Lipinski definition) is 0. The van der Waals surface area contributed by atoms with Crippen LogP contribution in [0.25, 0.3) is 28.2 Å². The van der Waals surface area contributed by atoms with E-state index < -0.39 is 12.0 Å². The van der Waals surface area contributed by atoms with Gasteiger partial charge in [-0.05, 0) is 79.6 Å². The molecule has 0 fully saturated rings. The van der Waals surface area contributed by atoms with Crippen LogP contribution in [0.4, 0.5) is 0 Å². The van der Waals surface area contributed by atoms with Crippen molar-refractivity contribution >= 4 is 55.8 Å². The number of fused-ring (bicyclic) bond motifs is 2. The average molecular weight is 719 g/mol. The van der Waals surface area contributed by atoms with Gasteiger partial charge >= 0.3 is 5.97 Å². The second kappa shape index (κ2) is 12.9. The van der Waals surface area contributed by atoms with Crippen molar-refractivity contribution in [3.63, 3.8) is 0 Å². The third kappa shape index (κ3) is 5.42. The molecule has 7 rings (SSSR count). The van der Waals surface area contributed by atoms with Gasteiger partial charge in [0, 0.05) is 32.7 Å². The Labute approximate surface area is 289 Å². The van der Waals surface area contributed by atoms with Crippen LogP contribution in [0.1, 0.15) is 41.0 Å². The molecule has 48 heavy (non-hydrogen) atoms. The van der Waals surface area contributed by atoms with E-state index in [1.807, 2.05) is 91.9 Å². The number of methoxy groups -OCH3 is 1. The molecule has 0 saturated heterocycles. The van der Waals surface area contributed by atoms with Crippen molar-refractivity contribution in [2.75, 3.05) is 13.7 Å². The fraction of sp³-hybridized carbons (Fsp3) is 0.154. The van der Waals surface area contributed by atoms with Crippen molar-refractivity contribution in [1.29, 1.82) is 0 Å². The lowest BCUT2D eigenvalue weighted by Crippen LogP contribution is -2.40. The van der Waals surface area contributed by atoms with E-state index in [4.69, 9.17) is 14.5 Å². The Kier molecular flexibility index (Phi) is 8.49. The molecule has 0 radical (unpaired) electrons. The summed E-state index contributed by atoms with van der Waals surface area (Å²) in [5.74, 6) is 0.0230. The largest absolute Gasteiger partial charge is 0.496 e. The van der Waals surface area contributed by atoms with Gasteiger partial charge in [-0.25, -0.2) is 9.79 Å². The number of hydrogen-bond acceptors (Lipinski definition) is 6. The first-order valence-corrected chi connectivity index (χ1v) is 17.2. The maximum Gasteiger partial charge on any atom is 0.338 e. The fourth-order valence-corrected chi connectivity index (χ4v) is 7.77. The average Bonchev–Trinajstić information content (AvgIpc) is 3.57. The Balaban J connectivity index is 1.54. The molecule has 6 aromatic rings. The van der Waals surface area contributed by atoms with Crippen LogP contribution in [0.3, 0.4) is 0 Å². The lowest BCUT2D eigenvalue weighted by Gasteiger charge is -2.28. The van der Waals surface area contributed by atoms with Crippen molar-refractivity contribution in [2.24, 2.45) is 4.99 Å². The Hall–Kier alpha value is -4.99. The molecule has 2 aromatic heterocycles. The minimum absolute atomic E-state index is 0.169. The minimum atomic E-state index is -0.867. The molecule has 0 amide bonds. The molecule has 3 heterocycles. The van der Waals surface area contributed by atoms with Gasteiger partial charge in [-0.2, -0.15) is 0 Å². The van der Waals surface area contributed by atoms with E-state index >= 15 is 0 Å². The van der Waals surface area contributed by atoms with Crippen LogP contribution < -0.4 is 19.6 Å². The van der Waals surface area contributed by atoms with Crippen LogP contribution >= 0.6 is 27.3 Å². The van der Waals surface area contributed by atoms with Gasteiger partial charge < -0.3 is 14.0 Å². The Morgan fingerprint density at radius 1 is 0.979 bits per heavy atom. The molecule has 1 aliphatic heterocycles. The number of benzene rings is 4. The van der Waals surface area contributed by atoms with Crippen LogP contribution in [0.5, 0.6) is 5.75 Å². The van der Waals surface area contributed by atoms with Gasteiger partial charge in [0.25, 0.3) is 5.56 Å². The van der Waals surface area contributed by atoms with Gasteiger partial charge in [0.15, 0.2) is 4.80 Å². The van der Waals surface area contributed by atoms with Crippen LogP contribution in [0.15, 0.2) is 117 Å². The normalized spacial score (nSPS) is 14.6. The highest BCUT2D eigenvalue weighted by molar-refractivity contribution is 9.10. The summed E-state index contributed by atoms with van der Waals surface area (Å²) in [7, 11) is 1.60. The summed E-state index contributed by atoms with van der Waals surface area (Å²) in [5.41, 5.74) is 5.95. The quantitative estimate of drug-likeness (QED) is 0.163. The van der Waals surface area contributed by atoms with E-state index in [0.29, 0.717) is 26.3 Å². The first-order valence-electron chi connectivity index (χ1n) is 15.6. The second-order valence-corrected chi connectivity index (χ2v) is 13.4. The maximum absolute atomic E-state index is 14.7. The zero-order valence-corrected chi connectivity index (χ0v) is 29.3. The highest BCUT2D eigenvalue weighted by Gasteiger charge is 2.37. The van der Waals surface area contributed by atoms with Gasteiger partial charge in [0.2, 0.25) is 0 Å². The fourth-order valence-electron chi connectivity index (χ4n) is 6.51. The highest BCUT2D eigenvalue weighted by Crippen LogP contribution is 2.42. The van der Waals surface area contributed by atoms with Crippen LogP contribution in [0.2, 0.25) is 0 Å². The number of carbonyl (C=O) groups excluding carboxylic acids is 1. The number of rotatable bonds is 7. The molecule has 7 nitrogen and oxygen atoms in total. The Bertz CT molecular complexity index is 2420. The zero-order chi connectivity index (χ0) is 33.5. The summed E-state index contributed by atoms with van der Waals surface area (Å²) < 4.78 is 16.9. The molecule has 0 spiro atoms. The number of carbonyl (C=O) groups is 1. The SMILES string of the molecule is CCOC(=O)C1=C(c2ccccc2)N=c2sc(=Cc3cc(C)n(-c4ccc(Br)cc4)c3C)c(=O)n2C1c1c(OC)ccc2ccccc12. The van der Waals surface area contributed by atoms with Crippen molar-refractivity contribution in [3.05, 3.63) is 155 Å². The van der Waals surface area contributed by atoms with Crippen LogP contribution in [0, 0.1) is 13.8 Å². The molecule has 240 valence electrons. The molecule has 1 unspecified atom stereocenters. The number of nitrogens with zero attached hydrogens (tertiary/aromatic N) is 3. The molecule has 0 N–H and O–H groups in total. The molecular weight excluding hydrogens is 686 g/mol. The van der Waals surface area contributed by atoms with Gasteiger partial charge in [0.1, 0.15) is 11.8 Å². The molecular formula is C39H32BrN3O4S. The zero-order valence-electron chi connectivity index (χ0n) is 26.9. The number of esters is 1. The third-order valence-corrected chi connectivity index (χ3v) is 10.2. The number of halogens is 1. The first kappa shape index (κ1) is 31.6. The summed E-state index contributed by atoms with van der Waals surface area (Å²) in [5, 5.41) is 1.82.